The SMILES string of the molecule is COc1ccccc1C(=O)N1CCCN(C(=O)c2cc(C)nc3c2c(C)nn3C)CC1. The molecule has 4 rings (SSSR count). The number of aryl methyl sites for hydroxylation is 3. The molecule has 3 heterocycles. The van der Waals surface area contributed by atoms with Crippen molar-refractivity contribution in [3.8, 4) is 5.75 Å². The van der Waals surface area contributed by atoms with E-state index in [1.807, 2.05) is 44.0 Å². The number of aromatic nitrogens is 3. The van der Waals surface area contributed by atoms with Gasteiger partial charge in [0, 0.05) is 38.9 Å². The number of para-hydroxylation sites is 1. The van der Waals surface area contributed by atoms with Crippen molar-refractivity contribution in [2.75, 3.05) is 33.3 Å². The van der Waals surface area contributed by atoms with Crippen LogP contribution in [0.25, 0.3) is 11.0 Å². The molecular formula is C23H27N5O3. The lowest BCUT2D eigenvalue weighted by atomic mass is 10.1. The summed E-state index contributed by atoms with van der Waals surface area (Å²) >= 11 is 0. The van der Waals surface area contributed by atoms with E-state index in [1.165, 1.54) is 0 Å². The second-order valence-corrected chi connectivity index (χ2v) is 7.86. The highest BCUT2D eigenvalue weighted by Gasteiger charge is 2.27. The van der Waals surface area contributed by atoms with Gasteiger partial charge in [-0.15, -0.1) is 0 Å². The maximum atomic E-state index is 13.5. The molecule has 0 atom stereocenters. The van der Waals surface area contributed by atoms with Crippen LogP contribution in [0.15, 0.2) is 30.3 Å². The summed E-state index contributed by atoms with van der Waals surface area (Å²) in [6.45, 7) is 5.92. The van der Waals surface area contributed by atoms with Gasteiger partial charge in [-0.1, -0.05) is 12.1 Å². The Morgan fingerprint density at radius 3 is 2.29 bits per heavy atom. The number of hydrogen-bond donors (Lipinski definition) is 0. The van der Waals surface area contributed by atoms with Crippen molar-refractivity contribution in [1.29, 1.82) is 0 Å². The predicted molar refractivity (Wildman–Crippen MR) is 117 cm³/mol. The summed E-state index contributed by atoms with van der Waals surface area (Å²) in [5.74, 6) is 0.446. The summed E-state index contributed by atoms with van der Waals surface area (Å²) in [5, 5.41) is 5.24. The van der Waals surface area contributed by atoms with Crippen LogP contribution >= 0.6 is 0 Å². The van der Waals surface area contributed by atoms with E-state index in [-0.39, 0.29) is 11.8 Å². The molecule has 8 nitrogen and oxygen atoms in total. The van der Waals surface area contributed by atoms with Crippen LogP contribution < -0.4 is 4.74 Å². The van der Waals surface area contributed by atoms with Gasteiger partial charge in [0.05, 0.1) is 29.3 Å². The molecule has 1 aliphatic heterocycles. The molecule has 0 N–H and O–H groups in total. The lowest BCUT2D eigenvalue weighted by Gasteiger charge is -2.23. The Labute approximate surface area is 181 Å². The van der Waals surface area contributed by atoms with E-state index in [0.717, 1.165) is 16.8 Å². The molecule has 0 radical (unpaired) electrons. The predicted octanol–water partition coefficient (Wildman–Crippen LogP) is 2.58. The molecule has 1 aromatic carbocycles. The molecule has 8 heteroatoms. The first kappa shape index (κ1) is 20.8. The first-order valence-corrected chi connectivity index (χ1v) is 10.4. The maximum Gasteiger partial charge on any atom is 0.257 e. The fraction of sp³-hybridized carbons (Fsp3) is 0.391. The summed E-state index contributed by atoms with van der Waals surface area (Å²) < 4.78 is 7.06. The molecule has 0 unspecified atom stereocenters. The Hall–Kier alpha value is -3.42. The Kier molecular flexibility index (Phi) is 5.63. The van der Waals surface area contributed by atoms with Gasteiger partial charge < -0.3 is 14.5 Å². The van der Waals surface area contributed by atoms with Crippen molar-refractivity contribution in [3.63, 3.8) is 0 Å². The normalized spacial score (nSPS) is 14.6. The zero-order valence-corrected chi connectivity index (χ0v) is 18.4. The second kappa shape index (κ2) is 8.37. The fourth-order valence-electron chi connectivity index (χ4n) is 4.22. The van der Waals surface area contributed by atoms with Crippen molar-refractivity contribution in [3.05, 3.63) is 52.8 Å². The average Bonchev–Trinajstić information content (AvgIpc) is 2.94. The number of carbonyl (C=O) groups excluding carboxylic acids is 2. The van der Waals surface area contributed by atoms with Crippen LogP contribution in [-0.2, 0) is 7.05 Å². The molecule has 1 fully saturated rings. The van der Waals surface area contributed by atoms with Crippen molar-refractivity contribution < 1.29 is 14.3 Å². The van der Waals surface area contributed by atoms with Crippen molar-refractivity contribution in [1.82, 2.24) is 24.6 Å². The summed E-state index contributed by atoms with van der Waals surface area (Å²) in [6, 6.07) is 9.07. The number of rotatable bonds is 3. The van der Waals surface area contributed by atoms with Gasteiger partial charge in [-0.25, -0.2) is 4.98 Å². The summed E-state index contributed by atoms with van der Waals surface area (Å²) in [6.07, 6.45) is 0.714. The first-order chi connectivity index (χ1) is 14.9. The lowest BCUT2D eigenvalue weighted by molar-refractivity contribution is 0.0717. The highest BCUT2D eigenvalue weighted by atomic mass is 16.5. The van der Waals surface area contributed by atoms with Gasteiger partial charge in [-0.2, -0.15) is 5.10 Å². The Morgan fingerprint density at radius 1 is 0.968 bits per heavy atom. The molecule has 2 amide bonds. The smallest absolute Gasteiger partial charge is 0.257 e. The number of pyridine rings is 1. The molecule has 0 spiro atoms. The van der Waals surface area contributed by atoms with Crippen molar-refractivity contribution >= 4 is 22.8 Å². The third-order valence-corrected chi connectivity index (χ3v) is 5.73. The fourth-order valence-corrected chi connectivity index (χ4v) is 4.22. The van der Waals surface area contributed by atoms with E-state index in [1.54, 1.807) is 28.8 Å². The first-order valence-electron chi connectivity index (χ1n) is 10.4. The molecule has 1 aliphatic rings. The quantitative estimate of drug-likeness (QED) is 0.649. The van der Waals surface area contributed by atoms with Crippen LogP contribution in [0.4, 0.5) is 0 Å². The summed E-state index contributed by atoms with van der Waals surface area (Å²) in [5.41, 5.74) is 3.45. The van der Waals surface area contributed by atoms with Crippen LogP contribution in [0.1, 0.15) is 38.5 Å². The zero-order chi connectivity index (χ0) is 22.1. The van der Waals surface area contributed by atoms with E-state index in [0.29, 0.717) is 55.1 Å². The van der Waals surface area contributed by atoms with E-state index in [9.17, 15) is 9.59 Å². The highest BCUT2D eigenvalue weighted by molar-refractivity contribution is 6.06. The van der Waals surface area contributed by atoms with Gasteiger partial charge in [-0.05, 0) is 38.5 Å². The van der Waals surface area contributed by atoms with Gasteiger partial charge in [-0.3, -0.25) is 14.3 Å². The Morgan fingerprint density at radius 2 is 1.61 bits per heavy atom. The number of nitrogens with zero attached hydrogens (tertiary/aromatic N) is 5. The minimum atomic E-state index is -0.0722. The largest absolute Gasteiger partial charge is 0.496 e. The van der Waals surface area contributed by atoms with Crippen molar-refractivity contribution in [2.45, 2.75) is 20.3 Å². The second-order valence-electron chi connectivity index (χ2n) is 7.86. The third kappa shape index (κ3) is 3.85. The van der Waals surface area contributed by atoms with Crippen LogP contribution in [0.5, 0.6) is 5.75 Å². The topological polar surface area (TPSA) is 80.6 Å². The van der Waals surface area contributed by atoms with E-state index in [2.05, 4.69) is 10.1 Å². The van der Waals surface area contributed by atoms with E-state index in [4.69, 9.17) is 4.74 Å². The molecular weight excluding hydrogens is 394 g/mol. The number of methoxy groups -OCH3 is 1. The minimum absolute atomic E-state index is 0.0433. The molecule has 0 aliphatic carbocycles. The van der Waals surface area contributed by atoms with Crippen LogP contribution in [0.3, 0.4) is 0 Å². The molecule has 2 aromatic heterocycles. The summed E-state index contributed by atoms with van der Waals surface area (Å²) in [7, 11) is 3.40. The molecule has 0 saturated carbocycles. The van der Waals surface area contributed by atoms with E-state index >= 15 is 0 Å². The molecule has 162 valence electrons. The van der Waals surface area contributed by atoms with Gasteiger partial charge in [0.15, 0.2) is 5.65 Å². The number of carbonyl (C=O) groups is 2. The van der Waals surface area contributed by atoms with Gasteiger partial charge in [0.1, 0.15) is 5.75 Å². The molecule has 31 heavy (non-hydrogen) atoms. The minimum Gasteiger partial charge on any atom is -0.496 e. The van der Waals surface area contributed by atoms with Crippen LogP contribution in [0, 0.1) is 13.8 Å². The number of ether oxygens (including phenoxy) is 1. The monoisotopic (exact) mass is 421 g/mol. The standard InChI is InChI=1S/C23H27N5O3/c1-15-14-18(20-16(2)25-26(3)21(20)24-15)23(30)28-11-7-10-27(12-13-28)22(29)17-8-5-6-9-19(17)31-4/h5-6,8-9,14H,7,10-13H2,1-4H3. The average molecular weight is 422 g/mol. The van der Waals surface area contributed by atoms with Crippen LogP contribution in [-0.4, -0.2) is 69.7 Å². The van der Waals surface area contributed by atoms with E-state index < -0.39 is 0 Å². The Balaban J connectivity index is 1.56. The lowest BCUT2D eigenvalue weighted by Crippen LogP contribution is -2.37. The van der Waals surface area contributed by atoms with Crippen LogP contribution in [0.2, 0.25) is 0 Å². The molecule has 0 bridgehead atoms. The maximum absolute atomic E-state index is 13.5. The molecule has 1 saturated heterocycles. The number of benzene rings is 1. The van der Waals surface area contributed by atoms with Gasteiger partial charge in [0.25, 0.3) is 11.8 Å². The third-order valence-electron chi connectivity index (χ3n) is 5.73. The van der Waals surface area contributed by atoms with Gasteiger partial charge >= 0.3 is 0 Å². The number of fused-ring (bicyclic) bond motifs is 1. The summed E-state index contributed by atoms with van der Waals surface area (Å²) in [4.78, 5) is 34.7. The zero-order valence-electron chi connectivity index (χ0n) is 18.4. The number of hydrogen-bond acceptors (Lipinski definition) is 5. The molecule has 3 aromatic rings. The van der Waals surface area contributed by atoms with Gasteiger partial charge in [0.2, 0.25) is 0 Å². The highest BCUT2D eigenvalue weighted by Crippen LogP contribution is 2.24. The number of amides is 2. The Bertz CT molecular complexity index is 1150. The van der Waals surface area contributed by atoms with Crippen molar-refractivity contribution in [2.24, 2.45) is 7.05 Å².